The number of carbonyl (C=O) groups excluding carboxylic acids is 1. The van der Waals surface area contributed by atoms with Crippen molar-refractivity contribution < 1.29 is 23.8 Å². The zero-order chi connectivity index (χ0) is 16.8. The molecule has 0 spiro atoms. The molecule has 0 heterocycles. The molecule has 120 valence electrons. The van der Waals surface area contributed by atoms with E-state index in [2.05, 4.69) is 5.32 Å². The number of ether oxygens (including phenoxy) is 1. The van der Waals surface area contributed by atoms with Crippen LogP contribution in [0.1, 0.15) is 28.4 Å². The molecule has 0 saturated heterocycles. The number of hydrogen-bond acceptors (Lipinski definition) is 3. The van der Waals surface area contributed by atoms with E-state index in [1.807, 2.05) is 0 Å². The van der Waals surface area contributed by atoms with E-state index in [1.54, 1.807) is 24.3 Å². The number of nitrogens with one attached hydrogen (secondary N) is 1. The summed E-state index contributed by atoms with van der Waals surface area (Å²) in [5.74, 6) is -1.78. The van der Waals surface area contributed by atoms with E-state index in [1.165, 1.54) is 31.4 Å². The summed E-state index contributed by atoms with van der Waals surface area (Å²) in [7, 11) is 1.52. The lowest BCUT2D eigenvalue weighted by molar-refractivity contribution is -0.137. The van der Waals surface area contributed by atoms with Crippen LogP contribution in [0.5, 0.6) is 5.75 Å². The first-order valence-electron chi connectivity index (χ1n) is 6.92. The van der Waals surface area contributed by atoms with Crippen molar-refractivity contribution >= 4 is 11.9 Å². The minimum atomic E-state index is -1.07. The highest BCUT2D eigenvalue weighted by Crippen LogP contribution is 2.21. The summed E-state index contributed by atoms with van der Waals surface area (Å²) in [4.78, 5) is 23.2. The van der Waals surface area contributed by atoms with Crippen molar-refractivity contribution in [2.24, 2.45) is 0 Å². The molecule has 1 unspecified atom stereocenters. The van der Waals surface area contributed by atoms with Crippen molar-refractivity contribution in [1.29, 1.82) is 0 Å². The Morgan fingerprint density at radius 3 is 2.39 bits per heavy atom. The second kappa shape index (κ2) is 7.40. The number of hydrogen-bond donors (Lipinski definition) is 2. The molecule has 6 heteroatoms. The van der Waals surface area contributed by atoms with Crippen LogP contribution in [0.3, 0.4) is 0 Å². The fraction of sp³-hybridized carbons (Fsp3) is 0.176. The van der Waals surface area contributed by atoms with Crippen molar-refractivity contribution in [2.75, 3.05) is 7.11 Å². The van der Waals surface area contributed by atoms with Crippen LogP contribution in [0.15, 0.2) is 48.5 Å². The summed E-state index contributed by atoms with van der Waals surface area (Å²) in [6.45, 7) is 0. The average Bonchev–Trinajstić information content (AvgIpc) is 2.54. The van der Waals surface area contributed by atoms with Crippen LogP contribution < -0.4 is 10.1 Å². The lowest BCUT2D eigenvalue weighted by atomic mass is 10.0. The third-order valence-electron chi connectivity index (χ3n) is 3.32. The van der Waals surface area contributed by atoms with Crippen molar-refractivity contribution in [3.63, 3.8) is 0 Å². The van der Waals surface area contributed by atoms with E-state index in [9.17, 15) is 14.0 Å². The molecule has 2 rings (SSSR count). The van der Waals surface area contributed by atoms with Crippen LogP contribution in [-0.2, 0) is 4.79 Å². The second-order valence-corrected chi connectivity index (χ2v) is 4.88. The molecule has 5 nitrogen and oxygen atoms in total. The molecule has 0 aromatic heterocycles. The van der Waals surface area contributed by atoms with Crippen LogP contribution >= 0.6 is 0 Å². The molecule has 0 aliphatic heterocycles. The van der Waals surface area contributed by atoms with Gasteiger partial charge in [-0.1, -0.05) is 24.3 Å². The number of carboxylic acids is 1. The Bertz CT molecular complexity index is 700. The number of halogens is 1. The van der Waals surface area contributed by atoms with E-state index in [0.717, 1.165) is 0 Å². The Morgan fingerprint density at radius 1 is 1.17 bits per heavy atom. The molecule has 23 heavy (non-hydrogen) atoms. The molecule has 0 aliphatic rings. The molecule has 0 aliphatic carbocycles. The van der Waals surface area contributed by atoms with Gasteiger partial charge in [0.2, 0.25) is 0 Å². The summed E-state index contributed by atoms with van der Waals surface area (Å²) in [6.07, 6.45) is -0.313. The normalized spacial score (nSPS) is 11.6. The summed E-state index contributed by atoms with van der Waals surface area (Å²) in [6, 6.07) is 11.4. The minimum absolute atomic E-state index is 0.128. The largest absolute Gasteiger partial charge is 0.497 e. The fourth-order valence-electron chi connectivity index (χ4n) is 2.14. The number of carbonyl (C=O) groups is 2. The smallest absolute Gasteiger partial charge is 0.305 e. The third kappa shape index (κ3) is 4.29. The highest BCUT2D eigenvalue weighted by molar-refractivity contribution is 5.94. The third-order valence-corrected chi connectivity index (χ3v) is 3.32. The zero-order valence-corrected chi connectivity index (χ0v) is 12.5. The van der Waals surface area contributed by atoms with Crippen LogP contribution in [0.2, 0.25) is 0 Å². The fourth-order valence-corrected chi connectivity index (χ4v) is 2.14. The molecule has 1 atom stereocenters. The zero-order valence-electron chi connectivity index (χ0n) is 12.5. The first kappa shape index (κ1) is 16.5. The van der Waals surface area contributed by atoms with Gasteiger partial charge in [0.05, 0.1) is 25.1 Å². The monoisotopic (exact) mass is 317 g/mol. The molecule has 0 radical (unpaired) electrons. The highest BCUT2D eigenvalue weighted by atomic mass is 19.1. The number of benzene rings is 2. The summed E-state index contributed by atoms with van der Waals surface area (Å²) in [5, 5.41) is 11.6. The van der Waals surface area contributed by atoms with E-state index < -0.39 is 23.7 Å². The molecule has 2 aromatic rings. The van der Waals surface area contributed by atoms with E-state index >= 15 is 0 Å². The molecule has 0 saturated carbocycles. The van der Waals surface area contributed by atoms with Crippen molar-refractivity contribution in [3.05, 3.63) is 65.5 Å². The maximum atomic E-state index is 13.7. The van der Waals surface area contributed by atoms with Crippen LogP contribution in [0, 0.1) is 5.82 Å². The van der Waals surface area contributed by atoms with Gasteiger partial charge in [0.1, 0.15) is 11.6 Å². The Hall–Kier alpha value is -2.89. The summed E-state index contributed by atoms with van der Waals surface area (Å²) < 4.78 is 18.7. The lowest BCUT2D eigenvalue weighted by Gasteiger charge is -2.18. The van der Waals surface area contributed by atoms with Gasteiger partial charge in [0.15, 0.2) is 0 Å². The van der Waals surface area contributed by atoms with Crippen molar-refractivity contribution in [1.82, 2.24) is 5.32 Å². The highest BCUT2D eigenvalue weighted by Gasteiger charge is 2.20. The van der Waals surface area contributed by atoms with Gasteiger partial charge in [-0.25, -0.2) is 4.39 Å². The van der Waals surface area contributed by atoms with Gasteiger partial charge in [0.25, 0.3) is 5.91 Å². The Labute approximate surface area is 132 Å². The van der Waals surface area contributed by atoms with Crippen molar-refractivity contribution in [2.45, 2.75) is 12.5 Å². The lowest BCUT2D eigenvalue weighted by Crippen LogP contribution is -2.30. The van der Waals surface area contributed by atoms with Gasteiger partial charge in [-0.05, 0) is 29.8 Å². The first-order valence-corrected chi connectivity index (χ1v) is 6.92. The Kier molecular flexibility index (Phi) is 5.30. The maximum absolute atomic E-state index is 13.7. The van der Waals surface area contributed by atoms with Gasteiger partial charge in [-0.2, -0.15) is 0 Å². The van der Waals surface area contributed by atoms with Gasteiger partial charge in [0, 0.05) is 0 Å². The van der Waals surface area contributed by atoms with Crippen LogP contribution in [-0.4, -0.2) is 24.1 Å². The average molecular weight is 317 g/mol. The molecule has 0 fully saturated rings. The first-order chi connectivity index (χ1) is 11.0. The molecule has 2 N–H and O–H groups in total. The maximum Gasteiger partial charge on any atom is 0.305 e. The van der Waals surface area contributed by atoms with Gasteiger partial charge in [-0.3, -0.25) is 9.59 Å². The number of amides is 1. The second-order valence-electron chi connectivity index (χ2n) is 4.88. The molecule has 0 bridgehead atoms. The van der Waals surface area contributed by atoms with Crippen LogP contribution in [0.25, 0.3) is 0 Å². The predicted molar refractivity (Wildman–Crippen MR) is 81.9 cm³/mol. The van der Waals surface area contributed by atoms with Gasteiger partial charge in [-0.15, -0.1) is 0 Å². The SMILES string of the molecule is COc1ccc(C(CC(=O)O)NC(=O)c2ccccc2F)cc1. The summed E-state index contributed by atoms with van der Waals surface area (Å²) in [5.41, 5.74) is 0.467. The molecule has 1 amide bonds. The topological polar surface area (TPSA) is 75.6 Å². The van der Waals surface area contributed by atoms with Gasteiger partial charge >= 0.3 is 5.97 Å². The number of aliphatic carboxylic acids is 1. The molecular formula is C17H16FNO4. The summed E-state index contributed by atoms with van der Waals surface area (Å²) >= 11 is 0. The Balaban J connectivity index is 2.23. The quantitative estimate of drug-likeness (QED) is 0.859. The Morgan fingerprint density at radius 2 is 1.83 bits per heavy atom. The predicted octanol–water partition coefficient (Wildman–Crippen LogP) is 2.78. The number of methoxy groups -OCH3 is 1. The van der Waals surface area contributed by atoms with E-state index in [0.29, 0.717) is 11.3 Å². The van der Waals surface area contributed by atoms with Crippen LogP contribution in [0.4, 0.5) is 4.39 Å². The number of rotatable bonds is 6. The number of carboxylic acid groups (broad SMARTS) is 1. The molecule has 2 aromatic carbocycles. The van der Waals surface area contributed by atoms with Gasteiger partial charge < -0.3 is 15.2 Å². The standard InChI is InChI=1S/C17H16FNO4/c1-23-12-8-6-11(7-9-12)15(10-16(20)21)19-17(22)13-4-2-3-5-14(13)18/h2-9,15H,10H2,1H3,(H,19,22)(H,20,21). The minimum Gasteiger partial charge on any atom is -0.497 e. The molecular weight excluding hydrogens is 301 g/mol. The van der Waals surface area contributed by atoms with E-state index in [-0.39, 0.29) is 12.0 Å². The van der Waals surface area contributed by atoms with Crippen molar-refractivity contribution in [3.8, 4) is 5.75 Å². The van der Waals surface area contributed by atoms with E-state index in [4.69, 9.17) is 9.84 Å².